The molecule has 0 saturated carbocycles. The number of nitrogens with zero attached hydrogens (tertiary/aromatic N) is 2. The Morgan fingerprint density at radius 3 is 2.55 bits per heavy atom. The smallest absolute Gasteiger partial charge is 0.416 e. The normalized spacial score (nSPS) is 11.8. The molecule has 2 aromatic heterocycles. The van der Waals surface area contributed by atoms with Gasteiger partial charge in [0.15, 0.2) is 5.96 Å². The Balaban J connectivity index is 0.00000341. The number of rotatable bonds is 8. The van der Waals surface area contributed by atoms with E-state index in [0.717, 1.165) is 34.2 Å². The lowest BCUT2D eigenvalue weighted by Crippen LogP contribution is -2.39. The zero-order chi connectivity index (χ0) is 21.4. The van der Waals surface area contributed by atoms with Crippen LogP contribution in [0.5, 0.6) is 0 Å². The lowest BCUT2D eigenvalue weighted by Gasteiger charge is -2.12. The third-order valence-corrected chi connectivity index (χ3v) is 5.19. The molecule has 0 saturated heterocycles. The van der Waals surface area contributed by atoms with Gasteiger partial charge in [0.05, 0.1) is 23.4 Å². The fraction of sp³-hybridized carbons (Fsp3) is 0.333. The minimum absolute atomic E-state index is 0. The summed E-state index contributed by atoms with van der Waals surface area (Å²) < 4.78 is 44.1. The van der Waals surface area contributed by atoms with Gasteiger partial charge in [0.2, 0.25) is 0 Å². The minimum Gasteiger partial charge on any atom is -0.469 e. The predicted molar refractivity (Wildman–Crippen MR) is 127 cm³/mol. The first-order chi connectivity index (χ1) is 14.4. The maximum atomic E-state index is 12.9. The van der Waals surface area contributed by atoms with Crippen molar-refractivity contribution in [3.05, 3.63) is 75.6 Å². The Bertz CT molecular complexity index is 958. The van der Waals surface area contributed by atoms with Crippen molar-refractivity contribution >= 4 is 41.3 Å². The van der Waals surface area contributed by atoms with Crippen molar-refractivity contribution in [3.8, 4) is 0 Å². The number of furan rings is 1. The quantitative estimate of drug-likeness (QED) is 0.224. The molecule has 168 valence electrons. The van der Waals surface area contributed by atoms with Crippen LogP contribution in [-0.4, -0.2) is 24.0 Å². The van der Waals surface area contributed by atoms with E-state index in [1.807, 2.05) is 25.3 Å². The molecule has 31 heavy (non-hydrogen) atoms. The molecule has 0 atom stereocenters. The van der Waals surface area contributed by atoms with E-state index in [9.17, 15) is 13.2 Å². The average Bonchev–Trinajstić information content (AvgIpc) is 3.37. The maximum Gasteiger partial charge on any atom is 0.416 e. The van der Waals surface area contributed by atoms with Crippen LogP contribution in [0.25, 0.3) is 0 Å². The largest absolute Gasteiger partial charge is 0.469 e. The van der Waals surface area contributed by atoms with E-state index in [2.05, 4.69) is 20.6 Å². The third kappa shape index (κ3) is 8.52. The number of halogens is 4. The summed E-state index contributed by atoms with van der Waals surface area (Å²) in [7, 11) is 0. The molecular formula is C21H24F3IN4OS. The Labute approximate surface area is 200 Å². The molecule has 0 radical (unpaired) electrons. The molecule has 2 heterocycles. The van der Waals surface area contributed by atoms with E-state index >= 15 is 0 Å². The van der Waals surface area contributed by atoms with Crippen LogP contribution in [0.15, 0.2) is 58.3 Å². The molecule has 0 aliphatic heterocycles. The minimum atomic E-state index is -4.37. The monoisotopic (exact) mass is 564 g/mol. The number of aryl methyl sites for hydroxylation is 1. The van der Waals surface area contributed by atoms with Crippen LogP contribution in [0.4, 0.5) is 13.2 Å². The van der Waals surface area contributed by atoms with Crippen molar-refractivity contribution in [3.63, 3.8) is 0 Å². The van der Waals surface area contributed by atoms with Gasteiger partial charge in [-0.05, 0) is 36.8 Å². The average molecular weight is 564 g/mol. The highest BCUT2D eigenvalue weighted by molar-refractivity contribution is 14.0. The summed E-state index contributed by atoms with van der Waals surface area (Å²) in [4.78, 5) is 9.94. The van der Waals surface area contributed by atoms with Crippen LogP contribution in [0.2, 0.25) is 0 Å². The van der Waals surface area contributed by atoms with Gasteiger partial charge in [-0.1, -0.05) is 12.1 Å². The molecule has 5 nitrogen and oxygen atoms in total. The number of hydrogen-bond acceptors (Lipinski definition) is 4. The van der Waals surface area contributed by atoms with Gasteiger partial charge < -0.3 is 15.1 Å². The predicted octanol–water partition coefficient (Wildman–Crippen LogP) is 5.20. The maximum absolute atomic E-state index is 12.9. The van der Waals surface area contributed by atoms with E-state index < -0.39 is 11.7 Å². The van der Waals surface area contributed by atoms with Crippen LogP contribution in [0.3, 0.4) is 0 Å². The molecule has 0 fully saturated rings. The molecule has 0 amide bonds. The first-order valence-electron chi connectivity index (χ1n) is 9.52. The van der Waals surface area contributed by atoms with E-state index in [1.54, 1.807) is 23.7 Å². The van der Waals surface area contributed by atoms with Gasteiger partial charge in [-0.3, -0.25) is 0 Å². The number of aromatic nitrogens is 1. The number of guanidine groups is 1. The van der Waals surface area contributed by atoms with E-state index in [1.165, 1.54) is 6.07 Å². The van der Waals surface area contributed by atoms with Gasteiger partial charge in [-0.2, -0.15) is 13.2 Å². The van der Waals surface area contributed by atoms with Crippen molar-refractivity contribution in [2.75, 3.05) is 13.1 Å². The molecule has 2 N–H and O–H groups in total. The van der Waals surface area contributed by atoms with Gasteiger partial charge in [-0.15, -0.1) is 35.3 Å². The molecule has 0 aliphatic rings. The molecule has 3 rings (SSSR count). The van der Waals surface area contributed by atoms with Crippen LogP contribution >= 0.6 is 35.3 Å². The van der Waals surface area contributed by atoms with Gasteiger partial charge in [0.25, 0.3) is 0 Å². The Hall–Kier alpha value is -2.08. The fourth-order valence-corrected chi connectivity index (χ4v) is 3.54. The number of alkyl halides is 3. The van der Waals surface area contributed by atoms with Crippen molar-refractivity contribution < 1.29 is 17.6 Å². The zero-order valence-corrected chi connectivity index (χ0v) is 20.1. The third-order valence-electron chi connectivity index (χ3n) is 4.22. The van der Waals surface area contributed by atoms with Gasteiger partial charge >= 0.3 is 6.18 Å². The van der Waals surface area contributed by atoms with Crippen LogP contribution in [-0.2, 0) is 25.6 Å². The molecule has 3 aromatic rings. The second-order valence-electron chi connectivity index (χ2n) is 6.66. The highest BCUT2D eigenvalue weighted by Gasteiger charge is 2.30. The second-order valence-corrected chi connectivity index (χ2v) is 7.98. The summed E-state index contributed by atoms with van der Waals surface area (Å²) in [5.74, 6) is 1.38. The standard InChI is InChI=1S/C21H23F3N4OS.HI/c1-15-13-27-19(30-15)8-10-26-20(25-9-7-18-6-3-11-29-18)28-14-16-4-2-5-17(12-16)21(22,23)24;/h2-6,11-13H,7-10,14H2,1H3,(H2,25,26,28);1H. The van der Waals surface area contributed by atoms with Gasteiger partial charge in [-0.25, -0.2) is 9.98 Å². The van der Waals surface area contributed by atoms with Gasteiger partial charge in [0, 0.05) is 37.0 Å². The van der Waals surface area contributed by atoms with E-state index in [-0.39, 0.29) is 30.5 Å². The topological polar surface area (TPSA) is 62.5 Å². The van der Waals surface area contributed by atoms with Crippen molar-refractivity contribution in [2.24, 2.45) is 4.99 Å². The van der Waals surface area contributed by atoms with Crippen molar-refractivity contribution in [1.82, 2.24) is 15.6 Å². The molecule has 0 bridgehead atoms. The molecular weight excluding hydrogens is 540 g/mol. The summed E-state index contributed by atoms with van der Waals surface area (Å²) in [6, 6.07) is 8.94. The molecule has 10 heteroatoms. The van der Waals surface area contributed by atoms with Crippen LogP contribution in [0.1, 0.15) is 26.8 Å². The molecule has 0 unspecified atom stereocenters. The fourth-order valence-electron chi connectivity index (χ4n) is 2.75. The number of thiazole rings is 1. The summed E-state index contributed by atoms with van der Waals surface area (Å²) in [6.45, 7) is 3.34. The van der Waals surface area contributed by atoms with Gasteiger partial charge in [0.1, 0.15) is 5.76 Å². The lowest BCUT2D eigenvalue weighted by molar-refractivity contribution is -0.137. The molecule has 1 aromatic carbocycles. The summed E-state index contributed by atoms with van der Waals surface area (Å²) >= 11 is 1.64. The first-order valence-corrected chi connectivity index (χ1v) is 10.3. The number of hydrogen-bond donors (Lipinski definition) is 2. The number of aliphatic imine (C=N–C) groups is 1. The highest BCUT2D eigenvalue weighted by Crippen LogP contribution is 2.29. The lowest BCUT2D eigenvalue weighted by atomic mass is 10.1. The van der Waals surface area contributed by atoms with Crippen molar-refractivity contribution in [2.45, 2.75) is 32.5 Å². The molecule has 0 aliphatic carbocycles. The summed E-state index contributed by atoms with van der Waals surface area (Å²) in [5, 5.41) is 7.45. The number of benzene rings is 1. The van der Waals surface area contributed by atoms with E-state index in [0.29, 0.717) is 31.0 Å². The summed E-state index contributed by atoms with van der Waals surface area (Å²) in [5.41, 5.74) is -0.179. The number of nitrogens with one attached hydrogen (secondary N) is 2. The summed E-state index contributed by atoms with van der Waals surface area (Å²) in [6.07, 6.45) is 0.494. The zero-order valence-electron chi connectivity index (χ0n) is 16.9. The molecule has 0 spiro atoms. The Morgan fingerprint density at radius 2 is 1.90 bits per heavy atom. The second kappa shape index (κ2) is 12.1. The SMILES string of the molecule is Cc1cnc(CCNC(=NCc2cccc(C(F)(F)F)c2)NCCc2ccco2)s1.I. The van der Waals surface area contributed by atoms with E-state index in [4.69, 9.17) is 4.42 Å². The highest BCUT2D eigenvalue weighted by atomic mass is 127. The Kier molecular flexibility index (Phi) is 9.82. The van der Waals surface area contributed by atoms with Crippen LogP contribution in [0, 0.1) is 6.92 Å². The Morgan fingerprint density at radius 1 is 1.13 bits per heavy atom. The van der Waals surface area contributed by atoms with Crippen LogP contribution < -0.4 is 10.6 Å². The van der Waals surface area contributed by atoms with Crippen molar-refractivity contribution in [1.29, 1.82) is 0 Å². The first kappa shape index (κ1) is 25.2.